The Hall–Kier alpha value is -2.62. The quantitative estimate of drug-likeness (QED) is 0.602. The van der Waals surface area contributed by atoms with E-state index >= 15 is 0 Å². The van der Waals surface area contributed by atoms with Crippen LogP contribution in [0.5, 0.6) is 0 Å². The van der Waals surface area contributed by atoms with Crippen LogP contribution in [0.1, 0.15) is 26.8 Å². The summed E-state index contributed by atoms with van der Waals surface area (Å²) in [7, 11) is 0. The zero-order valence-corrected chi connectivity index (χ0v) is 14.2. The second-order valence-electron chi connectivity index (χ2n) is 5.59. The summed E-state index contributed by atoms with van der Waals surface area (Å²) >= 11 is 1.29. The lowest BCUT2D eigenvalue weighted by atomic mass is 10.2. The molecule has 126 valence electrons. The molecule has 0 bridgehead atoms. The second kappa shape index (κ2) is 6.48. The van der Waals surface area contributed by atoms with Crippen LogP contribution in [0, 0.1) is 0 Å². The van der Waals surface area contributed by atoms with Crippen LogP contribution in [0.15, 0.2) is 28.2 Å². The minimum absolute atomic E-state index is 0.116. The molecule has 0 radical (unpaired) electrons. The smallest absolute Gasteiger partial charge is 0.323 e. The molecule has 0 saturated heterocycles. The molecular weight excluding hydrogens is 330 g/mol. The van der Waals surface area contributed by atoms with Gasteiger partial charge in [-0.05, 0) is 49.4 Å². The van der Waals surface area contributed by atoms with Crippen molar-refractivity contribution in [2.45, 2.75) is 37.2 Å². The standard InChI is InChI=1S/C14H17N7O2S/c1-7(2)21-14(18-19-20-21)24-8(3)12(22)15-9-4-5-10-11(6-9)17-13(23)16-10/h4-8H,1-3H3,(H,15,22)(H2,16,17,23). The zero-order valence-electron chi connectivity index (χ0n) is 13.4. The van der Waals surface area contributed by atoms with Crippen molar-refractivity contribution in [1.82, 2.24) is 30.2 Å². The number of imidazole rings is 1. The third kappa shape index (κ3) is 3.32. The molecule has 3 aromatic rings. The van der Waals surface area contributed by atoms with Crippen LogP contribution < -0.4 is 11.0 Å². The van der Waals surface area contributed by atoms with E-state index < -0.39 is 0 Å². The minimum atomic E-state index is -0.380. The van der Waals surface area contributed by atoms with Crippen LogP contribution in [0.3, 0.4) is 0 Å². The Balaban J connectivity index is 1.70. The van der Waals surface area contributed by atoms with Crippen LogP contribution in [0.4, 0.5) is 5.69 Å². The summed E-state index contributed by atoms with van der Waals surface area (Å²) in [6.45, 7) is 5.73. The Bertz CT molecular complexity index is 926. The number of amides is 1. The van der Waals surface area contributed by atoms with Gasteiger partial charge in [0.2, 0.25) is 11.1 Å². The van der Waals surface area contributed by atoms with Gasteiger partial charge in [-0.3, -0.25) is 4.79 Å². The number of carbonyl (C=O) groups is 1. The first kappa shape index (κ1) is 16.2. The van der Waals surface area contributed by atoms with Crippen molar-refractivity contribution >= 4 is 34.4 Å². The van der Waals surface area contributed by atoms with Gasteiger partial charge in [0.05, 0.1) is 22.3 Å². The minimum Gasteiger partial charge on any atom is -0.325 e. The third-order valence-corrected chi connectivity index (χ3v) is 4.43. The molecule has 1 atom stereocenters. The van der Waals surface area contributed by atoms with Gasteiger partial charge < -0.3 is 15.3 Å². The summed E-state index contributed by atoms with van der Waals surface area (Å²) in [6, 6.07) is 5.30. The van der Waals surface area contributed by atoms with E-state index in [4.69, 9.17) is 0 Å². The van der Waals surface area contributed by atoms with E-state index in [1.54, 1.807) is 29.8 Å². The summed E-state index contributed by atoms with van der Waals surface area (Å²) in [6.07, 6.45) is 0. The average molecular weight is 347 g/mol. The number of nitrogens with zero attached hydrogens (tertiary/aromatic N) is 4. The first-order valence-corrected chi connectivity index (χ1v) is 8.29. The summed E-state index contributed by atoms with van der Waals surface area (Å²) in [5.74, 6) is -0.171. The van der Waals surface area contributed by atoms with Crippen LogP contribution in [0.25, 0.3) is 11.0 Å². The van der Waals surface area contributed by atoms with Crippen LogP contribution >= 0.6 is 11.8 Å². The van der Waals surface area contributed by atoms with Gasteiger partial charge >= 0.3 is 5.69 Å². The fraction of sp³-hybridized carbons (Fsp3) is 0.357. The summed E-state index contributed by atoms with van der Waals surface area (Å²) in [5.41, 5.74) is 1.66. The number of nitrogens with one attached hydrogen (secondary N) is 3. The van der Waals surface area contributed by atoms with Gasteiger partial charge in [0.25, 0.3) is 0 Å². The number of anilines is 1. The highest BCUT2D eigenvalue weighted by molar-refractivity contribution is 8.00. The van der Waals surface area contributed by atoms with Crippen molar-refractivity contribution in [3.05, 3.63) is 28.7 Å². The number of hydrogen-bond donors (Lipinski definition) is 3. The molecule has 0 spiro atoms. The summed E-state index contributed by atoms with van der Waals surface area (Å²) in [4.78, 5) is 29.0. The number of tetrazole rings is 1. The highest BCUT2D eigenvalue weighted by Gasteiger charge is 2.19. The predicted molar refractivity (Wildman–Crippen MR) is 91.1 cm³/mol. The third-order valence-electron chi connectivity index (χ3n) is 3.39. The van der Waals surface area contributed by atoms with Crippen molar-refractivity contribution in [1.29, 1.82) is 0 Å². The fourth-order valence-electron chi connectivity index (χ4n) is 2.15. The highest BCUT2D eigenvalue weighted by Crippen LogP contribution is 2.24. The zero-order chi connectivity index (χ0) is 17.3. The monoisotopic (exact) mass is 347 g/mol. The van der Waals surface area contributed by atoms with Crippen LogP contribution in [0.2, 0.25) is 0 Å². The number of thioether (sulfide) groups is 1. The number of hydrogen-bond acceptors (Lipinski definition) is 6. The lowest BCUT2D eigenvalue weighted by molar-refractivity contribution is -0.115. The van der Waals surface area contributed by atoms with Gasteiger partial charge in [-0.15, -0.1) is 5.10 Å². The average Bonchev–Trinajstić information content (AvgIpc) is 3.12. The number of carbonyl (C=O) groups excluding carboxylic acids is 1. The van der Waals surface area contributed by atoms with Gasteiger partial charge in [-0.25, -0.2) is 9.48 Å². The van der Waals surface area contributed by atoms with Crippen molar-refractivity contribution in [2.24, 2.45) is 0 Å². The maximum absolute atomic E-state index is 12.4. The van der Waals surface area contributed by atoms with E-state index in [1.807, 2.05) is 13.8 Å². The van der Waals surface area contributed by atoms with Gasteiger partial charge in [0.1, 0.15) is 0 Å². The van der Waals surface area contributed by atoms with Crippen LogP contribution in [-0.2, 0) is 4.79 Å². The summed E-state index contributed by atoms with van der Waals surface area (Å²) in [5, 5.41) is 14.6. The molecule has 24 heavy (non-hydrogen) atoms. The molecular formula is C14H17N7O2S. The molecule has 1 unspecified atom stereocenters. The molecule has 2 aromatic heterocycles. The van der Waals surface area contributed by atoms with E-state index in [0.29, 0.717) is 21.9 Å². The Morgan fingerprint density at radius 3 is 2.75 bits per heavy atom. The Labute approximate surface area is 141 Å². The van der Waals surface area contributed by atoms with E-state index in [9.17, 15) is 9.59 Å². The van der Waals surface area contributed by atoms with Gasteiger partial charge in [0, 0.05) is 5.69 Å². The number of fused-ring (bicyclic) bond motifs is 1. The van der Waals surface area contributed by atoms with E-state index in [-0.39, 0.29) is 22.9 Å². The molecule has 9 nitrogen and oxygen atoms in total. The summed E-state index contributed by atoms with van der Waals surface area (Å²) < 4.78 is 1.67. The maximum atomic E-state index is 12.4. The maximum Gasteiger partial charge on any atom is 0.323 e. The van der Waals surface area contributed by atoms with E-state index in [0.717, 1.165) is 0 Å². The molecule has 1 amide bonds. The van der Waals surface area contributed by atoms with Crippen molar-refractivity contribution in [3.8, 4) is 0 Å². The Kier molecular flexibility index (Phi) is 4.38. The lowest BCUT2D eigenvalue weighted by Gasteiger charge is -2.13. The number of aromatic nitrogens is 6. The number of rotatable bonds is 5. The molecule has 10 heteroatoms. The lowest BCUT2D eigenvalue weighted by Crippen LogP contribution is -2.23. The highest BCUT2D eigenvalue weighted by atomic mass is 32.2. The Morgan fingerprint density at radius 2 is 2.00 bits per heavy atom. The molecule has 0 fully saturated rings. The topological polar surface area (TPSA) is 121 Å². The van der Waals surface area contributed by atoms with Gasteiger partial charge in [0.15, 0.2) is 0 Å². The Morgan fingerprint density at radius 1 is 1.25 bits per heavy atom. The van der Waals surface area contributed by atoms with Crippen molar-refractivity contribution in [3.63, 3.8) is 0 Å². The molecule has 1 aromatic carbocycles. The number of aromatic amines is 2. The molecule has 0 saturated carbocycles. The molecule has 0 aliphatic heterocycles. The van der Waals surface area contributed by atoms with Gasteiger partial charge in [-0.1, -0.05) is 11.8 Å². The predicted octanol–water partition coefficient (Wildman–Crippen LogP) is 1.54. The fourth-order valence-corrected chi connectivity index (χ4v) is 3.07. The van der Waals surface area contributed by atoms with Crippen molar-refractivity contribution in [2.75, 3.05) is 5.32 Å². The van der Waals surface area contributed by atoms with E-state index in [1.165, 1.54) is 11.8 Å². The van der Waals surface area contributed by atoms with Gasteiger partial charge in [-0.2, -0.15) is 0 Å². The van der Waals surface area contributed by atoms with Crippen LogP contribution in [-0.4, -0.2) is 41.3 Å². The molecule has 2 heterocycles. The number of benzene rings is 1. The molecule has 3 N–H and O–H groups in total. The molecule has 0 aliphatic rings. The SMILES string of the molecule is CC(Sc1nnnn1C(C)C)C(=O)Nc1ccc2[nH]c(=O)[nH]c2c1. The normalized spacial score (nSPS) is 12.7. The van der Waals surface area contributed by atoms with E-state index in [2.05, 4.69) is 30.8 Å². The first-order valence-electron chi connectivity index (χ1n) is 7.41. The largest absolute Gasteiger partial charge is 0.325 e. The molecule has 3 rings (SSSR count). The van der Waals surface area contributed by atoms with Crippen molar-refractivity contribution < 1.29 is 4.79 Å². The molecule has 0 aliphatic carbocycles. The first-order chi connectivity index (χ1) is 11.4. The number of H-pyrrole nitrogens is 2. The second-order valence-corrected chi connectivity index (χ2v) is 6.90.